The first-order valence-electron chi connectivity index (χ1n) is 11.3. The molecule has 164 valence electrons. The van der Waals surface area contributed by atoms with Crippen LogP contribution in [0.25, 0.3) is 0 Å². The van der Waals surface area contributed by atoms with E-state index in [0.29, 0.717) is 18.4 Å². The third-order valence-corrected chi connectivity index (χ3v) is 9.76. The van der Waals surface area contributed by atoms with Gasteiger partial charge in [-0.25, -0.2) is 9.78 Å². The minimum absolute atomic E-state index is 0.103. The van der Waals surface area contributed by atoms with Gasteiger partial charge >= 0.3 is 5.97 Å². The number of carbonyl (C=O) groups excluding carboxylic acids is 1. The van der Waals surface area contributed by atoms with Crippen LogP contribution in [0.3, 0.4) is 0 Å². The van der Waals surface area contributed by atoms with E-state index in [2.05, 4.69) is 10.3 Å². The van der Waals surface area contributed by atoms with Crippen LogP contribution in [0.15, 0.2) is 9.72 Å². The zero-order valence-corrected chi connectivity index (χ0v) is 19.0. The van der Waals surface area contributed by atoms with E-state index < -0.39 is 5.97 Å². The predicted octanol–water partition coefficient (Wildman–Crippen LogP) is 3.73. The van der Waals surface area contributed by atoms with Crippen LogP contribution in [-0.2, 0) is 4.79 Å². The lowest BCUT2D eigenvalue weighted by Crippen LogP contribution is -2.51. The largest absolute Gasteiger partial charge is 0.476 e. The summed E-state index contributed by atoms with van der Waals surface area (Å²) in [6.45, 7) is 2.73. The summed E-state index contributed by atoms with van der Waals surface area (Å²) in [5, 5.41) is 14.3. The standard InChI is InChI=1S/C22H31N3O3S2/c26-19-2-1-17(25(19)3-4-29-21-24-18(12-30-21)20(27)28)11-23-13-22-8-14-5-15(9-22)7-16(6-14)10-22/h12,14-17,23H,1-11,13H2,(H,27,28)/t14?,15?,16?,17-,22?/m1/s1. The van der Waals surface area contributed by atoms with Crippen molar-refractivity contribution in [3.05, 3.63) is 11.1 Å². The third-order valence-electron chi connectivity index (χ3n) is 7.76. The van der Waals surface area contributed by atoms with Crippen molar-refractivity contribution in [3.8, 4) is 0 Å². The summed E-state index contributed by atoms with van der Waals surface area (Å²) in [5.41, 5.74) is 0.636. The topological polar surface area (TPSA) is 82.5 Å². The van der Waals surface area contributed by atoms with Gasteiger partial charge in [-0.2, -0.15) is 0 Å². The molecule has 4 saturated carbocycles. The van der Waals surface area contributed by atoms with E-state index in [4.69, 9.17) is 5.11 Å². The molecular formula is C22H31N3O3S2. The second-order valence-corrected chi connectivity index (χ2v) is 12.2. The fourth-order valence-corrected chi connectivity index (χ4v) is 8.79. The Balaban J connectivity index is 1.09. The van der Waals surface area contributed by atoms with E-state index >= 15 is 0 Å². The SMILES string of the molecule is O=C(O)c1csc(SCCN2C(=O)CC[C@@H]2CNCC23CC4CC(CC(C4)C2)C3)n1. The number of nitrogens with zero attached hydrogens (tertiary/aromatic N) is 2. The van der Waals surface area contributed by atoms with Gasteiger partial charge < -0.3 is 15.3 Å². The van der Waals surface area contributed by atoms with Gasteiger partial charge in [-0.05, 0) is 68.1 Å². The third kappa shape index (κ3) is 4.28. The van der Waals surface area contributed by atoms with Crippen molar-refractivity contribution in [2.45, 2.75) is 61.7 Å². The molecule has 5 fully saturated rings. The number of thiazole rings is 1. The number of amides is 1. The number of carboxylic acids is 1. The van der Waals surface area contributed by atoms with Crippen LogP contribution < -0.4 is 5.32 Å². The lowest BCUT2D eigenvalue weighted by molar-refractivity contribution is -0.128. The molecule has 2 heterocycles. The maximum Gasteiger partial charge on any atom is 0.355 e. The molecule has 6 nitrogen and oxygen atoms in total. The number of hydrogen-bond donors (Lipinski definition) is 2. The molecule has 30 heavy (non-hydrogen) atoms. The van der Waals surface area contributed by atoms with Crippen molar-refractivity contribution in [1.82, 2.24) is 15.2 Å². The fraction of sp³-hybridized carbons (Fsp3) is 0.773. The molecule has 1 aliphatic heterocycles. The summed E-state index contributed by atoms with van der Waals surface area (Å²) in [6.07, 6.45) is 10.3. The highest BCUT2D eigenvalue weighted by atomic mass is 32.2. The number of aromatic carboxylic acids is 1. The number of aromatic nitrogens is 1. The van der Waals surface area contributed by atoms with Gasteiger partial charge in [0, 0.05) is 43.2 Å². The monoisotopic (exact) mass is 449 g/mol. The Labute approximate surface area is 186 Å². The highest BCUT2D eigenvalue weighted by Gasteiger charge is 2.50. The Morgan fingerprint density at radius 3 is 2.60 bits per heavy atom. The maximum atomic E-state index is 12.4. The summed E-state index contributed by atoms with van der Waals surface area (Å²) < 4.78 is 0.760. The lowest BCUT2D eigenvalue weighted by Gasteiger charge is -2.57. The van der Waals surface area contributed by atoms with Gasteiger partial charge in [-0.15, -0.1) is 11.3 Å². The van der Waals surface area contributed by atoms with Crippen LogP contribution in [0, 0.1) is 23.2 Å². The molecule has 1 atom stereocenters. The molecule has 1 amide bonds. The highest BCUT2D eigenvalue weighted by Crippen LogP contribution is 2.59. The zero-order valence-electron chi connectivity index (χ0n) is 17.3. The summed E-state index contributed by atoms with van der Waals surface area (Å²) in [4.78, 5) is 29.5. The van der Waals surface area contributed by atoms with Gasteiger partial charge in [0.1, 0.15) is 0 Å². The van der Waals surface area contributed by atoms with Crippen LogP contribution >= 0.6 is 23.1 Å². The normalized spacial score (nSPS) is 34.8. The first-order valence-corrected chi connectivity index (χ1v) is 13.2. The number of hydrogen-bond acceptors (Lipinski definition) is 6. The second-order valence-electron chi connectivity index (χ2n) is 9.98. The smallest absolute Gasteiger partial charge is 0.355 e. The van der Waals surface area contributed by atoms with Gasteiger partial charge in [-0.3, -0.25) is 4.79 Å². The van der Waals surface area contributed by atoms with Crippen molar-refractivity contribution in [2.75, 3.05) is 25.4 Å². The minimum atomic E-state index is -0.988. The molecule has 6 rings (SSSR count). The maximum absolute atomic E-state index is 12.4. The number of likely N-dealkylation sites (tertiary alicyclic amines) is 1. The van der Waals surface area contributed by atoms with Crippen LogP contribution in [-0.4, -0.2) is 58.3 Å². The number of nitrogens with one attached hydrogen (secondary N) is 1. The van der Waals surface area contributed by atoms with Gasteiger partial charge in [0.05, 0.1) is 0 Å². The second kappa shape index (κ2) is 8.43. The highest BCUT2D eigenvalue weighted by molar-refractivity contribution is 8.01. The van der Waals surface area contributed by atoms with Gasteiger partial charge in [0.2, 0.25) is 5.91 Å². The quantitative estimate of drug-likeness (QED) is 0.559. The van der Waals surface area contributed by atoms with E-state index in [1.54, 1.807) is 17.1 Å². The molecular weight excluding hydrogens is 418 g/mol. The van der Waals surface area contributed by atoms with Crippen molar-refractivity contribution < 1.29 is 14.7 Å². The number of rotatable bonds is 9. The average molecular weight is 450 g/mol. The molecule has 5 aliphatic rings. The molecule has 0 radical (unpaired) electrons. The molecule has 4 bridgehead atoms. The number of carboxylic acid groups (broad SMARTS) is 1. The van der Waals surface area contributed by atoms with E-state index in [-0.39, 0.29) is 17.6 Å². The zero-order chi connectivity index (χ0) is 20.7. The molecule has 2 N–H and O–H groups in total. The van der Waals surface area contributed by atoms with Gasteiger partial charge in [-0.1, -0.05) is 11.8 Å². The average Bonchev–Trinajstić information content (AvgIpc) is 3.29. The summed E-state index contributed by atoms with van der Waals surface area (Å²) in [7, 11) is 0. The first-order chi connectivity index (χ1) is 14.5. The van der Waals surface area contributed by atoms with E-state index in [1.165, 1.54) is 49.9 Å². The minimum Gasteiger partial charge on any atom is -0.476 e. The van der Waals surface area contributed by atoms with Crippen molar-refractivity contribution in [2.24, 2.45) is 23.2 Å². The Hall–Kier alpha value is -1.12. The Morgan fingerprint density at radius 1 is 1.27 bits per heavy atom. The predicted molar refractivity (Wildman–Crippen MR) is 118 cm³/mol. The molecule has 1 aromatic rings. The molecule has 8 heteroatoms. The summed E-state index contributed by atoms with van der Waals surface area (Å²) >= 11 is 2.90. The van der Waals surface area contributed by atoms with Crippen LogP contribution in [0.5, 0.6) is 0 Å². The molecule has 1 saturated heterocycles. The molecule has 4 aliphatic carbocycles. The van der Waals surface area contributed by atoms with Gasteiger partial charge in [0.15, 0.2) is 10.0 Å². The van der Waals surface area contributed by atoms with Crippen molar-refractivity contribution in [1.29, 1.82) is 0 Å². The van der Waals surface area contributed by atoms with Crippen LogP contribution in [0.1, 0.15) is 61.9 Å². The van der Waals surface area contributed by atoms with Crippen molar-refractivity contribution >= 4 is 35.0 Å². The Bertz CT molecular complexity index is 776. The fourth-order valence-electron chi connectivity index (χ4n) is 6.98. The lowest BCUT2D eigenvalue weighted by atomic mass is 9.49. The van der Waals surface area contributed by atoms with Crippen molar-refractivity contribution in [3.63, 3.8) is 0 Å². The number of carbonyl (C=O) groups is 2. The van der Waals surface area contributed by atoms with E-state index in [0.717, 1.165) is 47.4 Å². The molecule has 1 aromatic heterocycles. The Kier molecular flexibility index (Phi) is 5.84. The summed E-state index contributed by atoms with van der Waals surface area (Å²) in [5.74, 6) is 2.95. The van der Waals surface area contributed by atoms with Gasteiger partial charge in [0.25, 0.3) is 0 Å². The first kappa shape index (κ1) is 20.8. The van der Waals surface area contributed by atoms with Crippen LogP contribution in [0.2, 0.25) is 0 Å². The molecule has 0 unspecified atom stereocenters. The summed E-state index contributed by atoms with van der Waals surface area (Å²) in [6, 6.07) is 0.290. The van der Waals surface area contributed by atoms with Crippen LogP contribution in [0.4, 0.5) is 0 Å². The molecule has 0 spiro atoms. The number of thioether (sulfide) groups is 1. The Morgan fingerprint density at radius 2 is 1.97 bits per heavy atom. The van der Waals surface area contributed by atoms with E-state index in [1.807, 2.05) is 4.90 Å². The van der Waals surface area contributed by atoms with E-state index in [9.17, 15) is 9.59 Å². The molecule has 0 aromatic carbocycles.